The van der Waals surface area contributed by atoms with Crippen LogP contribution in [0.3, 0.4) is 0 Å². The molecule has 4 nitrogen and oxygen atoms in total. The fraction of sp³-hybridized carbons (Fsp3) is 0.0667. The van der Waals surface area contributed by atoms with Gasteiger partial charge in [-0.1, -0.05) is 15.9 Å². The molecule has 0 radical (unpaired) electrons. The molecular formula is C15H10BrFN2O2. The molecule has 106 valence electrons. The van der Waals surface area contributed by atoms with E-state index in [-0.39, 0.29) is 17.9 Å². The fourth-order valence-electron chi connectivity index (χ4n) is 2.26. The van der Waals surface area contributed by atoms with Gasteiger partial charge in [0.25, 0.3) is 0 Å². The molecule has 0 aliphatic rings. The molecule has 0 aliphatic heterocycles. The minimum absolute atomic E-state index is 0.112. The summed E-state index contributed by atoms with van der Waals surface area (Å²) in [6.45, 7) is 0.237. The van der Waals surface area contributed by atoms with Crippen LogP contribution in [0.5, 0.6) is 0 Å². The molecule has 1 aromatic carbocycles. The monoisotopic (exact) mass is 348 g/mol. The van der Waals surface area contributed by atoms with Crippen LogP contribution in [0, 0.1) is 5.82 Å². The SMILES string of the molecule is O=C(O)c1cn(Cc2cc(Br)ccc2F)c2cccnc12. The Kier molecular flexibility index (Phi) is 3.47. The van der Waals surface area contributed by atoms with Crippen LogP contribution < -0.4 is 0 Å². The first kappa shape index (κ1) is 13.8. The number of hydrogen-bond donors (Lipinski definition) is 1. The number of aromatic nitrogens is 2. The number of halogens is 2. The van der Waals surface area contributed by atoms with E-state index in [0.717, 1.165) is 4.47 Å². The lowest BCUT2D eigenvalue weighted by atomic mass is 10.2. The summed E-state index contributed by atoms with van der Waals surface area (Å²) < 4.78 is 16.3. The van der Waals surface area contributed by atoms with Crippen molar-refractivity contribution < 1.29 is 14.3 Å². The van der Waals surface area contributed by atoms with Crippen LogP contribution in [0.1, 0.15) is 15.9 Å². The zero-order valence-electron chi connectivity index (χ0n) is 10.8. The number of pyridine rings is 1. The molecule has 0 spiro atoms. The number of carbonyl (C=O) groups is 1. The Morgan fingerprint density at radius 3 is 2.95 bits per heavy atom. The van der Waals surface area contributed by atoms with Crippen LogP contribution in [0.4, 0.5) is 4.39 Å². The average Bonchev–Trinajstić information content (AvgIpc) is 2.82. The molecule has 0 saturated heterocycles. The van der Waals surface area contributed by atoms with Gasteiger partial charge in [0, 0.05) is 22.4 Å². The van der Waals surface area contributed by atoms with Gasteiger partial charge in [0.05, 0.1) is 12.1 Å². The van der Waals surface area contributed by atoms with Gasteiger partial charge >= 0.3 is 5.97 Å². The maximum atomic E-state index is 13.9. The predicted molar refractivity (Wildman–Crippen MR) is 79.9 cm³/mol. The third-order valence-electron chi connectivity index (χ3n) is 3.21. The second-order valence-electron chi connectivity index (χ2n) is 4.58. The molecule has 0 unspecified atom stereocenters. The van der Waals surface area contributed by atoms with Crippen LogP contribution in [0.2, 0.25) is 0 Å². The number of fused-ring (bicyclic) bond motifs is 1. The van der Waals surface area contributed by atoms with Crippen molar-refractivity contribution in [3.63, 3.8) is 0 Å². The van der Waals surface area contributed by atoms with Gasteiger partial charge in [0.2, 0.25) is 0 Å². The number of hydrogen-bond acceptors (Lipinski definition) is 2. The highest BCUT2D eigenvalue weighted by atomic mass is 79.9. The maximum absolute atomic E-state index is 13.9. The molecule has 0 amide bonds. The summed E-state index contributed by atoms with van der Waals surface area (Å²) in [4.78, 5) is 15.4. The van der Waals surface area contributed by atoms with Crippen molar-refractivity contribution in [2.75, 3.05) is 0 Å². The summed E-state index contributed by atoms with van der Waals surface area (Å²) in [7, 11) is 0. The van der Waals surface area contributed by atoms with E-state index >= 15 is 0 Å². The summed E-state index contributed by atoms with van der Waals surface area (Å²) >= 11 is 3.31. The van der Waals surface area contributed by atoms with E-state index in [9.17, 15) is 14.3 Å². The Morgan fingerprint density at radius 2 is 2.19 bits per heavy atom. The highest BCUT2D eigenvalue weighted by molar-refractivity contribution is 9.10. The summed E-state index contributed by atoms with van der Waals surface area (Å²) in [5, 5.41) is 9.23. The smallest absolute Gasteiger partial charge is 0.339 e. The molecule has 3 aromatic rings. The second-order valence-corrected chi connectivity index (χ2v) is 5.50. The Labute approximate surface area is 128 Å². The van der Waals surface area contributed by atoms with Crippen LogP contribution >= 0.6 is 15.9 Å². The minimum atomic E-state index is -1.05. The molecule has 0 fully saturated rings. The molecule has 0 atom stereocenters. The average molecular weight is 349 g/mol. The number of benzene rings is 1. The van der Waals surface area contributed by atoms with Gasteiger partial charge in [0.1, 0.15) is 16.9 Å². The Balaban J connectivity index is 2.13. The van der Waals surface area contributed by atoms with Crippen molar-refractivity contribution >= 4 is 32.9 Å². The van der Waals surface area contributed by atoms with E-state index < -0.39 is 5.97 Å². The third kappa shape index (κ3) is 2.54. The summed E-state index contributed by atoms with van der Waals surface area (Å²) in [6, 6.07) is 8.17. The van der Waals surface area contributed by atoms with Crippen LogP contribution in [-0.4, -0.2) is 20.6 Å². The molecule has 2 heterocycles. The molecular weight excluding hydrogens is 339 g/mol. The normalized spacial score (nSPS) is 11.0. The number of carboxylic acids is 1. The van der Waals surface area contributed by atoms with Gasteiger partial charge in [-0.3, -0.25) is 4.98 Å². The molecule has 2 aromatic heterocycles. The van der Waals surface area contributed by atoms with Gasteiger partial charge in [-0.2, -0.15) is 0 Å². The first-order chi connectivity index (χ1) is 10.1. The molecule has 21 heavy (non-hydrogen) atoms. The Bertz CT molecular complexity index is 845. The quantitative estimate of drug-likeness (QED) is 0.785. The van der Waals surface area contributed by atoms with Crippen LogP contribution in [0.25, 0.3) is 11.0 Å². The zero-order valence-corrected chi connectivity index (χ0v) is 12.3. The third-order valence-corrected chi connectivity index (χ3v) is 3.71. The minimum Gasteiger partial charge on any atom is -0.478 e. The molecule has 6 heteroatoms. The molecule has 1 N–H and O–H groups in total. The van der Waals surface area contributed by atoms with Crippen molar-refractivity contribution in [2.24, 2.45) is 0 Å². The van der Waals surface area contributed by atoms with Crippen molar-refractivity contribution in [2.45, 2.75) is 6.54 Å². The lowest BCUT2D eigenvalue weighted by Gasteiger charge is -2.07. The van der Waals surface area contributed by atoms with E-state index in [1.165, 1.54) is 12.3 Å². The Morgan fingerprint density at radius 1 is 1.38 bits per heavy atom. The lowest BCUT2D eigenvalue weighted by Crippen LogP contribution is -2.01. The van der Waals surface area contributed by atoms with Gasteiger partial charge in [-0.25, -0.2) is 9.18 Å². The molecule has 0 saturated carbocycles. The van der Waals surface area contributed by atoms with Gasteiger partial charge in [-0.05, 0) is 30.3 Å². The van der Waals surface area contributed by atoms with Gasteiger partial charge in [-0.15, -0.1) is 0 Å². The number of aromatic carboxylic acids is 1. The van der Waals surface area contributed by atoms with Crippen molar-refractivity contribution in [3.05, 3.63) is 64.1 Å². The summed E-state index contributed by atoms with van der Waals surface area (Å²) in [5.74, 6) is -1.38. The number of rotatable bonds is 3. The van der Waals surface area contributed by atoms with Crippen molar-refractivity contribution in [3.8, 4) is 0 Å². The molecule has 0 bridgehead atoms. The van der Waals surface area contributed by atoms with Crippen LogP contribution in [-0.2, 0) is 6.54 Å². The second kappa shape index (κ2) is 5.29. The fourth-order valence-corrected chi connectivity index (χ4v) is 2.67. The van der Waals surface area contributed by atoms with Gasteiger partial charge in [0.15, 0.2) is 0 Å². The zero-order chi connectivity index (χ0) is 15.0. The van der Waals surface area contributed by atoms with Crippen molar-refractivity contribution in [1.82, 2.24) is 9.55 Å². The first-order valence-electron chi connectivity index (χ1n) is 6.17. The number of nitrogens with zero attached hydrogens (tertiary/aromatic N) is 2. The lowest BCUT2D eigenvalue weighted by molar-refractivity contribution is 0.0698. The highest BCUT2D eigenvalue weighted by Gasteiger charge is 2.16. The first-order valence-corrected chi connectivity index (χ1v) is 6.96. The van der Waals surface area contributed by atoms with E-state index in [2.05, 4.69) is 20.9 Å². The van der Waals surface area contributed by atoms with E-state index in [1.807, 2.05) is 0 Å². The van der Waals surface area contributed by atoms with Gasteiger partial charge < -0.3 is 9.67 Å². The van der Waals surface area contributed by atoms with E-state index in [1.54, 1.807) is 35.0 Å². The highest BCUT2D eigenvalue weighted by Crippen LogP contribution is 2.22. The number of carboxylic acid groups (broad SMARTS) is 1. The predicted octanol–water partition coefficient (Wildman–Crippen LogP) is 3.68. The van der Waals surface area contributed by atoms with Crippen LogP contribution in [0.15, 0.2) is 47.2 Å². The summed E-state index contributed by atoms with van der Waals surface area (Å²) in [6.07, 6.45) is 3.03. The standard InChI is InChI=1S/C15H10BrFN2O2/c16-10-3-4-12(17)9(6-10)7-19-8-11(15(20)21)14-13(19)2-1-5-18-14/h1-6,8H,7H2,(H,20,21). The van der Waals surface area contributed by atoms with E-state index in [0.29, 0.717) is 16.6 Å². The topological polar surface area (TPSA) is 55.1 Å². The molecule has 0 aliphatic carbocycles. The van der Waals surface area contributed by atoms with Crippen molar-refractivity contribution in [1.29, 1.82) is 0 Å². The molecule has 3 rings (SSSR count). The Hall–Kier alpha value is -2.21. The van der Waals surface area contributed by atoms with E-state index in [4.69, 9.17) is 0 Å². The summed E-state index contributed by atoms with van der Waals surface area (Å²) in [5.41, 5.74) is 1.65. The maximum Gasteiger partial charge on any atom is 0.339 e. The largest absolute Gasteiger partial charge is 0.478 e.